The largest absolute Gasteiger partial charge is 0.286 e. The summed E-state index contributed by atoms with van der Waals surface area (Å²) in [6, 6.07) is 14.5. The van der Waals surface area contributed by atoms with Crippen LogP contribution in [0.3, 0.4) is 0 Å². The van der Waals surface area contributed by atoms with Crippen LogP contribution < -0.4 is 0 Å². The van der Waals surface area contributed by atoms with Gasteiger partial charge in [0.15, 0.2) is 0 Å². The minimum Gasteiger partial charge on any atom is -0.286 e. The predicted octanol–water partition coefficient (Wildman–Crippen LogP) is 2.85. The Bertz CT molecular complexity index is 599. The maximum atomic E-state index is 11.2. The first-order chi connectivity index (χ1) is 8.74. The van der Waals surface area contributed by atoms with Crippen LogP contribution in [0.15, 0.2) is 42.5 Å². The molecule has 1 aliphatic heterocycles. The van der Waals surface area contributed by atoms with Gasteiger partial charge in [-0.2, -0.15) is 0 Å². The Morgan fingerprint density at radius 2 is 1.94 bits per heavy atom. The van der Waals surface area contributed by atoms with Gasteiger partial charge in [-0.05, 0) is 22.4 Å². The van der Waals surface area contributed by atoms with Crippen molar-refractivity contribution in [2.24, 2.45) is 0 Å². The van der Waals surface area contributed by atoms with E-state index in [-0.39, 0.29) is 11.2 Å². The summed E-state index contributed by atoms with van der Waals surface area (Å²) in [6.07, 6.45) is 0. The number of benzene rings is 2. The molecule has 0 spiro atoms. The third-order valence-electron chi connectivity index (χ3n) is 3.18. The molecule has 0 aromatic heterocycles. The molecule has 1 atom stereocenters. The van der Waals surface area contributed by atoms with E-state index in [1.165, 1.54) is 10.8 Å². The lowest BCUT2D eigenvalue weighted by atomic mass is 10.0. The van der Waals surface area contributed by atoms with Gasteiger partial charge >= 0.3 is 0 Å². The molecule has 1 amide bonds. The van der Waals surface area contributed by atoms with Crippen LogP contribution in [0, 0.1) is 0 Å². The van der Waals surface area contributed by atoms with Gasteiger partial charge in [0.1, 0.15) is 0 Å². The van der Waals surface area contributed by atoms with Crippen LogP contribution in [-0.2, 0) is 4.79 Å². The average molecular weight is 259 g/mol. The highest BCUT2D eigenvalue weighted by molar-refractivity contribution is 8.00. The second kappa shape index (κ2) is 4.63. The van der Waals surface area contributed by atoms with Crippen LogP contribution >= 0.6 is 11.8 Å². The third-order valence-corrected chi connectivity index (χ3v) is 4.42. The predicted molar refractivity (Wildman–Crippen MR) is 72.6 cm³/mol. The number of carbonyl (C=O) groups excluding carboxylic acids is 1. The van der Waals surface area contributed by atoms with E-state index in [2.05, 4.69) is 30.3 Å². The lowest BCUT2D eigenvalue weighted by Gasteiger charge is -2.27. The first-order valence-corrected chi connectivity index (χ1v) is 6.88. The Morgan fingerprint density at radius 3 is 2.72 bits per heavy atom. The number of thioether (sulfide) groups is 1. The maximum absolute atomic E-state index is 11.2. The zero-order chi connectivity index (χ0) is 12.5. The zero-order valence-corrected chi connectivity index (χ0v) is 10.6. The van der Waals surface area contributed by atoms with Crippen LogP contribution in [0.2, 0.25) is 0 Å². The number of carbonyl (C=O) groups is 1. The molecule has 0 saturated carbocycles. The Labute approximate surface area is 109 Å². The van der Waals surface area contributed by atoms with E-state index in [1.807, 2.05) is 12.1 Å². The Hall–Kier alpha value is -1.52. The summed E-state index contributed by atoms with van der Waals surface area (Å²) in [7, 11) is 0. The number of fused-ring (bicyclic) bond motifs is 1. The number of hydrogen-bond donors (Lipinski definition) is 1. The highest BCUT2D eigenvalue weighted by Gasteiger charge is 2.26. The van der Waals surface area contributed by atoms with E-state index in [9.17, 15) is 10.0 Å². The molecule has 3 nitrogen and oxygen atoms in total. The standard InChI is InChI=1S/C14H13NO2S/c16-14-9-18-13(8-15(14)17)12-6-5-10-3-1-2-4-11(10)7-12/h1-7,13,17H,8-9H2. The molecular weight excluding hydrogens is 246 g/mol. The van der Waals surface area contributed by atoms with Gasteiger partial charge in [0, 0.05) is 0 Å². The number of hydrogen-bond acceptors (Lipinski definition) is 3. The number of rotatable bonds is 1. The summed E-state index contributed by atoms with van der Waals surface area (Å²) in [5.41, 5.74) is 1.16. The molecule has 2 aromatic carbocycles. The van der Waals surface area contributed by atoms with Crippen molar-refractivity contribution in [3.05, 3.63) is 48.0 Å². The molecule has 0 aliphatic carbocycles. The number of hydroxylamine groups is 2. The summed E-state index contributed by atoms with van der Waals surface area (Å²) in [5, 5.41) is 12.9. The summed E-state index contributed by atoms with van der Waals surface area (Å²) in [6.45, 7) is 0.363. The van der Waals surface area contributed by atoms with Crippen LogP contribution in [0.1, 0.15) is 10.8 Å². The van der Waals surface area contributed by atoms with E-state index >= 15 is 0 Å². The van der Waals surface area contributed by atoms with Crippen molar-refractivity contribution in [3.8, 4) is 0 Å². The van der Waals surface area contributed by atoms with Crippen molar-refractivity contribution in [3.63, 3.8) is 0 Å². The molecule has 1 heterocycles. The van der Waals surface area contributed by atoms with Crippen molar-refractivity contribution in [1.82, 2.24) is 5.06 Å². The smallest absolute Gasteiger partial charge is 0.255 e. The van der Waals surface area contributed by atoms with E-state index in [0.29, 0.717) is 12.3 Å². The molecule has 1 aliphatic rings. The Kier molecular flexibility index (Phi) is 2.97. The minimum absolute atomic E-state index is 0.150. The molecule has 0 radical (unpaired) electrons. The van der Waals surface area contributed by atoms with Crippen LogP contribution in [0.5, 0.6) is 0 Å². The van der Waals surface area contributed by atoms with Gasteiger partial charge in [-0.15, -0.1) is 11.8 Å². The van der Waals surface area contributed by atoms with Gasteiger partial charge in [-0.25, -0.2) is 5.06 Å². The fraction of sp³-hybridized carbons (Fsp3) is 0.214. The summed E-state index contributed by atoms with van der Waals surface area (Å²) >= 11 is 1.59. The highest BCUT2D eigenvalue weighted by Crippen LogP contribution is 2.34. The average Bonchev–Trinajstić information content (AvgIpc) is 2.41. The number of nitrogens with zero attached hydrogens (tertiary/aromatic N) is 1. The molecule has 2 aromatic rings. The topological polar surface area (TPSA) is 40.5 Å². The monoisotopic (exact) mass is 259 g/mol. The zero-order valence-electron chi connectivity index (χ0n) is 9.74. The first kappa shape index (κ1) is 11.6. The van der Waals surface area contributed by atoms with Gasteiger partial charge in [0.05, 0.1) is 17.5 Å². The summed E-state index contributed by atoms with van der Waals surface area (Å²) in [5.74, 6) is 0.130. The molecule has 4 heteroatoms. The van der Waals surface area contributed by atoms with Gasteiger partial charge in [-0.3, -0.25) is 10.0 Å². The van der Waals surface area contributed by atoms with Crippen molar-refractivity contribution in [2.75, 3.05) is 12.3 Å². The first-order valence-electron chi connectivity index (χ1n) is 5.83. The molecule has 18 heavy (non-hydrogen) atoms. The van der Waals surface area contributed by atoms with Gasteiger partial charge in [0.2, 0.25) is 0 Å². The van der Waals surface area contributed by atoms with E-state index < -0.39 is 0 Å². The molecule has 1 saturated heterocycles. The Morgan fingerprint density at radius 1 is 1.17 bits per heavy atom. The molecule has 1 unspecified atom stereocenters. The molecule has 1 N–H and O–H groups in total. The fourth-order valence-corrected chi connectivity index (χ4v) is 3.25. The van der Waals surface area contributed by atoms with Gasteiger partial charge < -0.3 is 0 Å². The molecule has 3 rings (SSSR count). The Balaban J connectivity index is 1.92. The summed E-state index contributed by atoms with van der Waals surface area (Å²) < 4.78 is 0. The lowest BCUT2D eigenvalue weighted by Crippen LogP contribution is -2.36. The van der Waals surface area contributed by atoms with Crippen LogP contribution in [0.4, 0.5) is 0 Å². The summed E-state index contributed by atoms with van der Waals surface area (Å²) in [4.78, 5) is 11.2. The van der Waals surface area contributed by atoms with E-state index in [1.54, 1.807) is 11.8 Å². The molecule has 1 fully saturated rings. The number of amides is 1. The van der Waals surface area contributed by atoms with Crippen LogP contribution in [-0.4, -0.2) is 28.5 Å². The van der Waals surface area contributed by atoms with E-state index in [4.69, 9.17) is 0 Å². The third kappa shape index (κ3) is 2.09. The van der Waals surface area contributed by atoms with Crippen LogP contribution in [0.25, 0.3) is 10.8 Å². The second-order valence-corrected chi connectivity index (χ2v) is 5.57. The SMILES string of the molecule is O=C1CSC(c2ccc3ccccc3c2)CN1O. The second-order valence-electron chi connectivity index (χ2n) is 4.38. The van der Waals surface area contributed by atoms with Crippen molar-refractivity contribution in [1.29, 1.82) is 0 Å². The maximum Gasteiger partial charge on any atom is 0.255 e. The normalized spacial score (nSPS) is 20.4. The van der Waals surface area contributed by atoms with Crippen molar-refractivity contribution < 1.29 is 10.0 Å². The lowest BCUT2D eigenvalue weighted by molar-refractivity contribution is -0.163. The molecule has 0 bridgehead atoms. The fourth-order valence-electron chi connectivity index (χ4n) is 2.17. The molecule has 92 valence electrons. The van der Waals surface area contributed by atoms with E-state index in [0.717, 1.165) is 10.6 Å². The quantitative estimate of drug-likeness (QED) is 0.801. The van der Waals surface area contributed by atoms with Crippen molar-refractivity contribution in [2.45, 2.75) is 5.25 Å². The highest BCUT2D eigenvalue weighted by atomic mass is 32.2. The van der Waals surface area contributed by atoms with Gasteiger partial charge in [-0.1, -0.05) is 36.4 Å². The minimum atomic E-state index is -0.211. The molecular formula is C14H13NO2S. The van der Waals surface area contributed by atoms with Gasteiger partial charge in [0.25, 0.3) is 5.91 Å². The van der Waals surface area contributed by atoms with Crippen molar-refractivity contribution >= 4 is 28.4 Å².